The highest BCUT2D eigenvalue weighted by molar-refractivity contribution is 7.89. The van der Waals surface area contributed by atoms with Gasteiger partial charge in [0.05, 0.1) is 22.5 Å². The minimum atomic E-state index is -3.50. The number of sulfonamides is 1. The minimum absolute atomic E-state index is 0.289. The normalized spacial score (nSPS) is 15.7. The van der Waals surface area contributed by atoms with Gasteiger partial charge in [-0.2, -0.15) is 4.31 Å². The lowest BCUT2D eigenvalue weighted by Gasteiger charge is -2.25. The molecule has 1 aliphatic rings. The summed E-state index contributed by atoms with van der Waals surface area (Å²) in [5, 5.41) is 3.18. The molecule has 0 unspecified atom stereocenters. The maximum absolute atomic E-state index is 13.4. The Morgan fingerprint density at radius 1 is 1.10 bits per heavy atom. The number of imidazole rings is 1. The van der Waals surface area contributed by atoms with Crippen LogP contribution < -0.4 is 5.32 Å². The summed E-state index contributed by atoms with van der Waals surface area (Å²) in [6.07, 6.45) is 2.89. The van der Waals surface area contributed by atoms with E-state index >= 15 is 0 Å². The molecule has 0 bridgehead atoms. The van der Waals surface area contributed by atoms with Crippen molar-refractivity contribution in [1.29, 1.82) is 0 Å². The van der Waals surface area contributed by atoms with E-state index in [1.54, 1.807) is 28.6 Å². The highest BCUT2D eigenvalue weighted by Gasteiger charge is 2.26. The van der Waals surface area contributed by atoms with Crippen LogP contribution in [0.3, 0.4) is 0 Å². The van der Waals surface area contributed by atoms with Gasteiger partial charge >= 0.3 is 0 Å². The lowest BCUT2D eigenvalue weighted by atomic mass is 10.2. The van der Waals surface area contributed by atoms with Crippen molar-refractivity contribution in [3.63, 3.8) is 0 Å². The number of rotatable bonds is 6. The summed E-state index contributed by atoms with van der Waals surface area (Å²) in [6, 6.07) is 11.4. The summed E-state index contributed by atoms with van der Waals surface area (Å²) < 4.78 is 43.0. The van der Waals surface area contributed by atoms with Crippen molar-refractivity contribution in [3.05, 3.63) is 54.1 Å². The molecule has 2 aromatic carbocycles. The zero-order chi connectivity index (χ0) is 20.4. The number of aromatic nitrogens is 2. The summed E-state index contributed by atoms with van der Waals surface area (Å²) in [5.74, 6) is 0.478. The van der Waals surface area contributed by atoms with Crippen LogP contribution >= 0.6 is 0 Å². The first kappa shape index (κ1) is 19.8. The van der Waals surface area contributed by atoms with Gasteiger partial charge in [-0.25, -0.2) is 17.8 Å². The molecule has 0 atom stereocenters. The van der Waals surface area contributed by atoms with Gasteiger partial charge in [-0.05, 0) is 56.2 Å². The molecular formula is C21H25FN4O2S. The zero-order valence-corrected chi connectivity index (χ0v) is 17.3. The molecule has 0 radical (unpaired) electrons. The largest absolute Gasteiger partial charge is 0.378 e. The SMILES string of the molecule is CCn1c(CNc2cccc(F)c2)nc2cc(S(=O)(=O)N3CCCCC3)ccc21. The monoisotopic (exact) mass is 416 g/mol. The third kappa shape index (κ3) is 4.00. The fourth-order valence-electron chi connectivity index (χ4n) is 3.84. The Balaban J connectivity index is 1.63. The Hall–Kier alpha value is -2.45. The van der Waals surface area contributed by atoms with Gasteiger partial charge in [0.1, 0.15) is 11.6 Å². The Morgan fingerprint density at radius 3 is 2.62 bits per heavy atom. The van der Waals surface area contributed by atoms with Gasteiger partial charge in [0, 0.05) is 25.3 Å². The van der Waals surface area contributed by atoms with E-state index in [0.717, 1.165) is 30.6 Å². The number of nitrogens with one attached hydrogen (secondary N) is 1. The van der Waals surface area contributed by atoms with E-state index in [9.17, 15) is 12.8 Å². The number of halogens is 1. The lowest BCUT2D eigenvalue weighted by molar-refractivity contribution is 0.346. The fourth-order valence-corrected chi connectivity index (χ4v) is 5.38. The van der Waals surface area contributed by atoms with Crippen molar-refractivity contribution < 1.29 is 12.8 Å². The molecular weight excluding hydrogens is 391 g/mol. The minimum Gasteiger partial charge on any atom is -0.378 e. The Labute approximate surface area is 170 Å². The third-order valence-electron chi connectivity index (χ3n) is 5.34. The van der Waals surface area contributed by atoms with Crippen molar-refractivity contribution in [1.82, 2.24) is 13.9 Å². The first-order valence-corrected chi connectivity index (χ1v) is 11.4. The summed E-state index contributed by atoms with van der Waals surface area (Å²) in [5.41, 5.74) is 2.22. The predicted molar refractivity (Wildman–Crippen MR) is 112 cm³/mol. The molecule has 8 heteroatoms. The van der Waals surface area contributed by atoms with E-state index in [1.165, 1.54) is 12.1 Å². The Kier molecular flexibility index (Phi) is 5.56. The number of hydrogen-bond donors (Lipinski definition) is 1. The molecule has 0 saturated carbocycles. The molecule has 3 aromatic rings. The van der Waals surface area contributed by atoms with E-state index in [2.05, 4.69) is 10.3 Å². The van der Waals surface area contributed by atoms with Gasteiger partial charge in [-0.3, -0.25) is 0 Å². The van der Waals surface area contributed by atoms with Gasteiger partial charge in [0.15, 0.2) is 0 Å². The molecule has 2 heterocycles. The molecule has 6 nitrogen and oxygen atoms in total. The van der Waals surface area contributed by atoms with Crippen LogP contribution in [0.15, 0.2) is 47.4 Å². The second kappa shape index (κ2) is 8.12. The second-order valence-corrected chi connectivity index (χ2v) is 9.19. The van der Waals surface area contributed by atoms with Gasteiger partial charge < -0.3 is 9.88 Å². The Bertz CT molecular complexity index is 1120. The molecule has 4 rings (SSSR count). The van der Waals surface area contributed by atoms with E-state index < -0.39 is 10.0 Å². The molecule has 1 N–H and O–H groups in total. The third-order valence-corrected chi connectivity index (χ3v) is 7.24. The van der Waals surface area contributed by atoms with Crippen LogP contribution in [-0.4, -0.2) is 35.4 Å². The zero-order valence-electron chi connectivity index (χ0n) is 16.4. The molecule has 29 heavy (non-hydrogen) atoms. The predicted octanol–water partition coefficient (Wildman–Crippen LogP) is 3.98. The molecule has 154 valence electrons. The maximum Gasteiger partial charge on any atom is 0.243 e. The molecule has 1 saturated heterocycles. The number of aryl methyl sites for hydroxylation is 1. The molecule has 0 amide bonds. The summed E-state index contributed by atoms with van der Waals surface area (Å²) in [6.45, 7) is 4.29. The summed E-state index contributed by atoms with van der Waals surface area (Å²) in [4.78, 5) is 4.95. The van der Waals surface area contributed by atoms with Crippen LogP contribution in [0.5, 0.6) is 0 Å². The maximum atomic E-state index is 13.4. The second-order valence-electron chi connectivity index (χ2n) is 7.25. The number of benzene rings is 2. The molecule has 0 spiro atoms. The quantitative estimate of drug-likeness (QED) is 0.660. The van der Waals surface area contributed by atoms with Gasteiger partial charge in [-0.15, -0.1) is 0 Å². The van der Waals surface area contributed by atoms with Crippen LogP contribution in [0.4, 0.5) is 10.1 Å². The van der Waals surface area contributed by atoms with Crippen LogP contribution in [0.1, 0.15) is 32.0 Å². The van der Waals surface area contributed by atoms with E-state index in [-0.39, 0.29) is 10.7 Å². The standard InChI is InChI=1S/C21H25FN4O2S/c1-2-26-20-10-9-18(29(27,28)25-11-4-3-5-12-25)14-19(20)24-21(26)15-23-17-8-6-7-16(22)13-17/h6-10,13-14,23H,2-5,11-12,15H2,1H3. The van der Waals surface area contributed by atoms with Crippen molar-refractivity contribution >= 4 is 26.7 Å². The molecule has 1 aliphatic heterocycles. The topological polar surface area (TPSA) is 67.2 Å². The molecule has 0 aliphatic carbocycles. The highest BCUT2D eigenvalue weighted by atomic mass is 32.2. The number of anilines is 1. The molecule has 1 fully saturated rings. The fraction of sp³-hybridized carbons (Fsp3) is 0.381. The van der Waals surface area contributed by atoms with Gasteiger partial charge in [0.25, 0.3) is 0 Å². The smallest absolute Gasteiger partial charge is 0.243 e. The van der Waals surface area contributed by atoms with Crippen molar-refractivity contribution in [3.8, 4) is 0 Å². The number of piperidine rings is 1. The van der Waals surface area contributed by atoms with Crippen LogP contribution in [0, 0.1) is 5.82 Å². The number of nitrogens with zero attached hydrogens (tertiary/aromatic N) is 3. The van der Waals surface area contributed by atoms with E-state index in [0.29, 0.717) is 37.4 Å². The van der Waals surface area contributed by atoms with Crippen LogP contribution in [-0.2, 0) is 23.1 Å². The molecule has 1 aromatic heterocycles. The average Bonchev–Trinajstić information content (AvgIpc) is 3.09. The summed E-state index contributed by atoms with van der Waals surface area (Å²) >= 11 is 0. The number of fused-ring (bicyclic) bond motifs is 1. The first-order valence-electron chi connectivity index (χ1n) is 9.98. The van der Waals surface area contributed by atoms with E-state index in [1.807, 2.05) is 17.6 Å². The van der Waals surface area contributed by atoms with Gasteiger partial charge in [0.2, 0.25) is 10.0 Å². The Morgan fingerprint density at radius 2 is 1.90 bits per heavy atom. The van der Waals surface area contributed by atoms with E-state index in [4.69, 9.17) is 0 Å². The first-order chi connectivity index (χ1) is 14.0. The lowest BCUT2D eigenvalue weighted by Crippen LogP contribution is -2.35. The van der Waals surface area contributed by atoms with Crippen LogP contribution in [0.25, 0.3) is 11.0 Å². The van der Waals surface area contributed by atoms with Crippen molar-refractivity contribution in [2.45, 2.75) is 44.2 Å². The van der Waals surface area contributed by atoms with Crippen molar-refractivity contribution in [2.24, 2.45) is 0 Å². The van der Waals surface area contributed by atoms with Crippen molar-refractivity contribution in [2.75, 3.05) is 18.4 Å². The summed E-state index contributed by atoms with van der Waals surface area (Å²) in [7, 11) is -3.50. The average molecular weight is 417 g/mol. The highest BCUT2D eigenvalue weighted by Crippen LogP contribution is 2.25. The van der Waals surface area contributed by atoms with Crippen LogP contribution in [0.2, 0.25) is 0 Å². The van der Waals surface area contributed by atoms with Gasteiger partial charge in [-0.1, -0.05) is 12.5 Å². The number of hydrogen-bond acceptors (Lipinski definition) is 4.